The van der Waals surface area contributed by atoms with E-state index in [1.54, 1.807) is 11.8 Å². The van der Waals surface area contributed by atoms with Crippen molar-refractivity contribution in [3.05, 3.63) is 0 Å². The molecule has 1 unspecified atom stereocenters. The molecule has 0 aliphatic heterocycles. The lowest BCUT2D eigenvalue weighted by Gasteiger charge is -2.19. The summed E-state index contributed by atoms with van der Waals surface area (Å²) in [7, 11) is 0. The lowest BCUT2D eigenvalue weighted by atomic mass is 10.0. The number of rotatable bonds is 6. The molecule has 4 heteroatoms. The van der Waals surface area contributed by atoms with E-state index in [1.165, 1.54) is 6.92 Å². The van der Waals surface area contributed by atoms with Gasteiger partial charge in [0.05, 0.1) is 11.8 Å². The van der Waals surface area contributed by atoms with E-state index in [0.29, 0.717) is 5.75 Å². The lowest BCUT2D eigenvalue weighted by molar-refractivity contribution is -0.126. The van der Waals surface area contributed by atoms with Gasteiger partial charge < -0.3 is 5.32 Å². The molecule has 0 aromatic rings. The van der Waals surface area contributed by atoms with Crippen LogP contribution in [0.15, 0.2) is 0 Å². The molecule has 0 aromatic carbocycles. The van der Waals surface area contributed by atoms with Crippen molar-refractivity contribution in [2.75, 3.05) is 11.5 Å². The van der Waals surface area contributed by atoms with E-state index in [9.17, 15) is 9.59 Å². The van der Waals surface area contributed by atoms with E-state index in [2.05, 4.69) is 5.32 Å². The number of nitrogens with one attached hydrogen (secondary N) is 1. The van der Waals surface area contributed by atoms with Crippen LogP contribution in [0.3, 0.4) is 0 Å². The van der Waals surface area contributed by atoms with Crippen LogP contribution in [0.5, 0.6) is 0 Å². The highest BCUT2D eigenvalue weighted by Gasteiger charge is 2.19. The molecule has 0 bridgehead atoms. The Hall–Kier alpha value is -0.510. The molecular formula is C10H19NO2S. The van der Waals surface area contributed by atoms with Crippen LogP contribution in [-0.4, -0.2) is 29.2 Å². The maximum absolute atomic E-state index is 11.3. The third kappa shape index (κ3) is 5.27. The van der Waals surface area contributed by atoms with E-state index in [-0.39, 0.29) is 23.7 Å². The lowest BCUT2D eigenvalue weighted by Crippen LogP contribution is -2.44. The van der Waals surface area contributed by atoms with Gasteiger partial charge in [0, 0.05) is 0 Å². The highest BCUT2D eigenvalue weighted by atomic mass is 32.2. The maximum Gasteiger partial charge on any atom is 0.230 e. The Kier molecular flexibility index (Phi) is 6.62. The first-order valence-electron chi connectivity index (χ1n) is 4.86. The summed E-state index contributed by atoms with van der Waals surface area (Å²) in [5, 5.41) is 2.74. The van der Waals surface area contributed by atoms with Gasteiger partial charge in [-0.05, 0) is 18.6 Å². The zero-order valence-corrected chi connectivity index (χ0v) is 10.1. The second-order valence-electron chi connectivity index (χ2n) is 3.54. The molecule has 1 N–H and O–H groups in total. The van der Waals surface area contributed by atoms with Crippen molar-refractivity contribution < 1.29 is 9.59 Å². The second kappa shape index (κ2) is 6.87. The minimum absolute atomic E-state index is 0.0230. The number of carbonyl (C=O) groups excluding carboxylic acids is 2. The number of carbonyl (C=O) groups is 2. The number of hydrogen-bond donors (Lipinski definition) is 1. The molecular weight excluding hydrogens is 198 g/mol. The molecule has 0 saturated carbocycles. The largest absolute Gasteiger partial charge is 0.345 e. The molecule has 0 radical (unpaired) electrons. The van der Waals surface area contributed by atoms with Gasteiger partial charge in [-0.15, -0.1) is 0 Å². The summed E-state index contributed by atoms with van der Waals surface area (Å²) in [5.74, 6) is 1.48. The van der Waals surface area contributed by atoms with Crippen molar-refractivity contribution >= 4 is 23.5 Å². The number of thioether (sulfide) groups is 1. The van der Waals surface area contributed by atoms with Crippen LogP contribution in [0.4, 0.5) is 0 Å². The SMILES string of the molecule is CCSCC(=O)NC(C(C)=O)C(C)C. The van der Waals surface area contributed by atoms with Crippen molar-refractivity contribution in [1.29, 1.82) is 0 Å². The molecule has 14 heavy (non-hydrogen) atoms. The molecule has 1 atom stereocenters. The molecule has 0 spiro atoms. The Labute approximate surface area is 90.0 Å². The standard InChI is InChI=1S/C10H19NO2S/c1-5-14-6-9(13)11-10(7(2)3)8(4)12/h7,10H,5-6H2,1-4H3,(H,11,13). The summed E-state index contributed by atoms with van der Waals surface area (Å²) < 4.78 is 0. The van der Waals surface area contributed by atoms with Crippen LogP contribution in [0.25, 0.3) is 0 Å². The molecule has 0 aliphatic carbocycles. The predicted molar refractivity (Wildman–Crippen MR) is 60.4 cm³/mol. The smallest absolute Gasteiger partial charge is 0.230 e. The third-order valence-electron chi connectivity index (χ3n) is 1.86. The molecule has 0 saturated heterocycles. The normalized spacial score (nSPS) is 12.6. The first kappa shape index (κ1) is 13.5. The summed E-state index contributed by atoms with van der Waals surface area (Å²) in [4.78, 5) is 22.5. The zero-order chi connectivity index (χ0) is 11.1. The molecule has 3 nitrogen and oxygen atoms in total. The van der Waals surface area contributed by atoms with Crippen LogP contribution in [0.1, 0.15) is 27.7 Å². The average Bonchev–Trinajstić information content (AvgIpc) is 2.09. The minimum atomic E-state index is -0.333. The van der Waals surface area contributed by atoms with Crippen molar-refractivity contribution in [3.63, 3.8) is 0 Å². The van der Waals surface area contributed by atoms with Crippen LogP contribution >= 0.6 is 11.8 Å². The van der Waals surface area contributed by atoms with Crippen LogP contribution in [-0.2, 0) is 9.59 Å². The van der Waals surface area contributed by atoms with Crippen LogP contribution in [0, 0.1) is 5.92 Å². The van der Waals surface area contributed by atoms with Gasteiger partial charge in [0.15, 0.2) is 5.78 Å². The van der Waals surface area contributed by atoms with Crippen LogP contribution in [0.2, 0.25) is 0 Å². The third-order valence-corrected chi connectivity index (χ3v) is 2.73. The first-order chi connectivity index (χ1) is 6.49. The fourth-order valence-corrected chi connectivity index (χ4v) is 1.62. The van der Waals surface area contributed by atoms with Crippen LogP contribution < -0.4 is 5.32 Å². The molecule has 1 amide bonds. The Morgan fingerprint density at radius 2 is 1.93 bits per heavy atom. The molecule has 0 heterocycles. The maximum atomic E-state index is 11.3. The summed E-state index contributed by atoms with van der Waals surface area (Å²) in [6, 6.07) is -0.333. The van der Waals surface area contributed by atoms with E-state index >= 15 is 0 Å². The van der Waals surface area contributed by atoms with Gasteiger partial charge in [-0.3, -0.25) is 9.59 Å². The van der Waals surface area contributed by atoms with Crippen molar-refractivity contribution in [1.82, 2.24) is 5.32 Å². The van der Waals surface area contributed by atoms with Crippen molar-refractivity contribution in [2.45, 2.75) is 33.7 Å². The highest BCUT2D eigenvalue weighted by molar-refractivity contribution is 7.99. The van der Waals surface area contributed by atoms with Crippen molar-refractivity contribution in [2.24, 2.45) is 5.92 Å². The molecule has 0 aromatic heterocycles. The number of hydrogen-bond acceptors (Lipinski definition) is 3. The molecule has 0 fully saturated rings. The monoisotopic (exact) mass is 217 g/mol. The summed E-state index contributed by atoms with van der Waals surface area (Å²) in [5.41, 5.74) is 0. The molecule has 82 valence electrons. The predicted octanol–water partition coefficient (Wildman–Crippen LogP) is 1.47. The van der Waals surface area contributed by atoms with Gasteiger partial charge in [-0.25, -0.2) is 0 Å². The first-order valence-corrected chi connectivity index (χ1v) is 6.02. The number of amides is 1. The minimum Gasteiger partial charge on any atom is -0.345 e. The van der Waals surface area contributed by atoms with Gasteiger partial charge in [0.25, 0.3) is 0 Å². The van der Waals surface area contributed by atoms with E-state index < -0.39 is 0 Å². The zero-order valence-electron chi connectivity index (χ0n) is 9.29. The number of Topliss-reactive ketones (excluding diaryl/α,β-unsaturated/α-hetero) is 1. The second-order valence-corrected chi connectivity index (χ2v) is 4.81. The fraction of sp³-hybridized carbons (Fsp3) is 0.800. The summed E-state index contributed by atoms with van der Waals surface area (Å²) >= 11 is 1.56. The quantitative estimate of drug-likeness (QED) is 0.733. The molecule has 0 aliphatic rings. The van der Waals surface area contributed by atoms with E-state index in [1.807, 2.05) is 20.8 Å². The molecule has 0 rings (SSSR count). The topological polar surface area (TPSA) is 46.2 Å². The van der Waals surface area contributed by atoms with Gasteiger partial charge in [-0.1, -0.05) is 20.8 Å². The summed E-state index contributed by atoms with van der Waals surface area (Å²) in [6.45, 7) is 7.37. The van der Waals surface area contributed by atoms with Gasteiger partial charge in [-0.2, -0.15) is 11.8 Å². The van der Waals surface area contributed by atoms with Gasteiger partial charge in [0.2, 0.25) is 5.91 Å². The fourth-order valence-electron chi connectivity index (χ4n) is 1.15. The van der Waals surface area contributed by atoms with Gasteiger partial charge >= 0.3 is 0 Å². The summed E-state index contributed by atoms with van der Waals surface area (Å²) in [6.07, 6.45) is 0. The van der Waals surface area contributed by atoms with Gasteiger partial charge in [0.1, 0.15) is 0 Å². The highest BCUT2D eigenvalue weighted by Crippen LogP contribution is 2.04. The Morgan fingerprint density at radius 1 is 1.36 bits per heavy atom. The van der Waals surface area contributed by atoms with E-state index in [0.717, 1.165) is 5.75 Å². The van der Waals surface area contributed by atoms with E-state index in [4.69, 9.17) is 0 Å². The Morgan fingerprint density at radius 3 is 2.29 bits per heavy atom. The average molecular weight is 217 g/mol. The Bertz CT molecular complexity index is 204. The Balaban J connectivity index is 4.04. The van der Waals surface area contributed by atoms with Crippen molar-refractivity contribution in [3.8, 4) is 0 Å². The number of ketones is 1.